The van der Waals surface area contributed by atoms with Gasteiger partial charge in [0.05, 0.1) is 25.2 Å². The Morgan fingerprint density at radius 2 is 2.29 bits per heavy atom. The van der Waals surface area contributed by atoms with Crippen LogP contribution < -0.4 is 4.74 Å². The molecular formula is C9H8BrN3O. The summed E-state index contributed by atoms with van der Waals surface area (Å²) in [6, 6.07) is 3.78. The molecule has 0 saturated heterocycles. The molecule has 4 nitrogen and oxygen atoms in total. The number of hydrogen-bond donors (Lipinski definition) is 0. The number of aromatic nitrogens is 3. The van der Waals surface area contributed by atoms with E-state index < -0.39 is 0 Å². The molecule has 0 radical (unpaired) electrons. The van der Waals surface area contributed by atoms with Crippen molar-refractivity contribution in [1.82, 2.24) is 14.8 Å². The van der Waals surface area contributed by atoms with Gasteiger partial charge in [0.2, 0.25) is 0 Å². The summed E-state index contributed by atoms with van der Waals surface area (Å²) in [7, 11) is 1.61. The van der Waals surface area contributed by atoms with E-state index in [2.05, 4.69) is 26.0 Å². The second-order valence-corrected chi connectivity index (χ2v) is 3.38. The molecule has 0 aliphatic carbocycles. The second kappa shape index (κ2) is 3.79. The van der Waals surface area contributed by atoms with Gasteiger partial charge in [0.1, 0.15) is 0 Å². The van der Waals surface area contributed by atoms with Crippen molar-refractivity contribution in [3.05, 3.63) is 35.3 Å². The molecule has 0 atom stereocenters. The van der Waals surface area contributed by atoms with Crippen LogP contribution in [0.15, 0.2) is 35.3 Å². The Morgan fingerprint density at radius 3 is 2.86 bits per heavy atom. The number of hydrogen-bond acceptors (Lipinski definition) is 3. The predicted octanol–water partition coefficient (Wildman–Crippen LogP) is 2.04. The van der Waals surface area contributed by atoms with Gasteiger partial charge in [-0.25, -0.2) is 4.68 Å². The SMILES string of the molecule is COc1cnn(-c2cccnc2)c1Br. The van der Waals surface area contributed by atoms with Crippen LogP contribution in [0.5, 0.6) is 5.75 Å². The summed E-state index contributed by atoms with van der Waals surface area (Å²) >= 11 is 3.40. The highest BCUT2D eigenvalue weighted by Gasteiger charge is 2.08. The molecule has 2 aromatic rings. The molecule has 0 aliphatic rings. The van der Waals surface area contributed by atoms with Crippen LogP contribution in [-0.4, -0.2) is 21.9 Å². The zero-order chi connectivity index (χ0) is 9.97. The van der Waals surface area contributed by atoms with Crippen molar-refractivity contribution in [2.75, 3.05) is 7.11 Å². The first-order valence-electron chi connectivity index (χ1n) is 4.01. The topological polar surface area (TPSA) is 39.9 Å². The van der Waals surface area contributed by atoms with Crippen LogP contribution >= 0.6 is 15.9 Å². The van der Waals surface area contributed by atoms with Gasteiger partial charge < -0.3 is 4.74 Å². The molecule has 0 spiro atoms. The maximum absolute atomic E-state index is 5.10. The van der Waals surface area contributed by atoms with E-state index in [1.807, 2.05) is 12.1 Å². The van der Waals surface area contributed by atoms with Gasteiger partial charge in [-0.2, -0.15) is 5.10 Å². The molecule has 2 heterocycles. The fraction of sp³-hybridized carbons (Fsp3) is 0.111. The van der Waals surface area contributed by atoms with Crippen LogP contribution in [-0.2, 0) is 0 Å². The van der Waals surface area contributed by atoms with E-state index >= 15 is 0 Å². The number of nitrogens with zero attached hydrogens (tertiary/aromatic N) is 3. The Balaban J connectivity index is 2.48. The van der Waals surface area contributed by atoms with Crippen LogP contribution in [0.1, 0.15) is 0 Å². The number of rotatable bonds is 2. The molecule has 0 fully saturated rings. The van der Waals surface area contributed by atoms with Gasteiger partial charge >= 0.3 is 0 Å². The molecule has 14 heavy (non-hydrogen) atoms. The Morgan fingerprint density at radius 1 is 1.43 bits per heavy atom. The quantitative estimate of drug-likeness (QED) is 0.823. The standard InChI is InChI=1S/C9H8BrN3O/c1-14-8-6-12-13(9(8)10)7-3-2-4-11-5-7/h2-6H,1H3. The lowest BCUT2D eigenvalue weighted by Gasteiger charge is -2.01. The van der Waals surface area contributed by atoms with Crippen LogP contribution in [0.25, 0.3) is 5.69 Å². The third-order valence-corrected chi connectivity index (χ3v) is 2.52. The van der Waals surface area contributed by atoms with Crippen molar-refractivity contribution < 1.29 is 4.74 Å². The summed E-state index contributed by atoms with van der Waals surface area (Å²) in [5.41, 5.74) is 0.891. The van der Waals surface area contributed by atoms with Crippen molar-refractivity contribution in [3.63, 3.8) is 0 Å². The van der Waals surface area contributed by atoms with Crippen LogP contribution in [0.3, 0.4) is 0 Å². The van der Waals surface area contributed by atoms with E-state index in [4.69, 9.17) is 4.74 Å². The third kappa shape index (κ3) is 1.50. The number of ether oxygens (including phenoxy) is 1. The lowest BCUT2D eigenvalue weighted by Crippen LogP contribution is -1.96. The van der Waals surface area contributed by atoms with E-state index in [9.17, 15) is 0 Å². The van der Waals surface area contributed by atoms with E-state index in [1.165, 1.54) is 0 Å². The lowest BCUT2D eigenvalue weighted by atomic mass is 10.4. The Labute approximate surface area is 89.7 Å². The van der Waals surface area contributed by atoms with Crippen molar-refractivity contribution in [3.8, 4) is 11.4 Å². The second-order valence-electron chi connectivity index (χ2n) is 2.63. The van der Waals surface area contributed by atoms with Crippen molar-refractivity contribution in [2.24, 2.45) is 0 Å². The average Bonchev–Trinajstić information content (AvgIpc) is 2.61. The monoisotopic (exact) mass is 253 g/mol. The normalized spacial score (nSPS) is 10.1. The fourth-order valence-electron chi connectivity index (χ4n) is 1.11. The number of halogens is 1. The molecule has 2 rings (SSSR count). The minimum Gasteiger partial charge on any atom is -0.492 e. The first kappa shape index (κ1) is 9.21. The van der Waals surface area contributed by atoms with E-state index in [0.717, 1.165) is 10.3 Å². The third-order valence-electron chi connectivity index (χ3n) is 1.79. The van der Waals surface area contributed by atoms with Crippen LogP contribution in [0.2, 0.25) is 0 Å². The van der Waals surface area contributed by atoms with Crippen LogP contribution in [0.4, 0.5) is 0 Å². The predicted molar refractivity (Wildman–Crippen MR) is 55.6 cm³/mol. The van der Waals surface area contributed by atoms with Crippen LogP contribution in [0, 0.1) is 0 Å². The molecule has 0 aliphatic heterocycles. The number of methoxy groups -OCH3 is 1. The first-order valence-corrected chi connectivity index (χ1v) is 4.80. The minimum absolute atomic E-state index is 0.703. The van der Waals surface area contributed by atoms with E-state index in [0.29, 0.717) is 5.75 Å². The smallest absolute Gasteiger partial charge is 0.171 e. The first-order chi connectivity index (χ1) is 6.83. The summed E-state index contributed by atoms with van der Waals surface area (Å²) in [5.74, 6) is 0.703. The lowest BCUT2D eigenvalue weighted by molar-refractivity contribution is 0.412. The zero-order valence-corrected chi connectivity index (χ0v) is 9.10. The fourth-order valence-corrected chi connectivity index (χ4v) is 1.68. The molecule has 0 saturated carbocycles. The Kier molecular flexibility index (Phi) is 2.49. The molecule has 0 amide bonds. The molecule has 72 valence electrons. The molecular weight excluding hydrogens is 246 g/mol. The molecule has 0 aromatic carbocycles. The minimum atomic E-state index is 0.703. The van der Waals surface area contributed by atoms with E-state index in [-0.39, 0.29) is 0 Å². The molecule has 0 bridgehead atoms. The van der Waals surface area contributed by atoms with Gasteiger partial charge in [-0.3, -0.25) is 4.98 Å². The average molecular weight is 254 g/mol. The summed E-state index contributed by atoms with van der Waals surface area (Å²) in [6.45, 7) is 0. The summed E-state index contributed by atoms with van der Waals surface area (Å²) < 4.78 is 7.60. The van der Waals surface area contributed by atoms with Gasteiger partial charge in [0, 0.05) is 6.20 Å². The van der Waals surface area contributed by atoms with Crippen molar-refractivity contribution in [1.29, 1.82) is 0 Å². The van der Waals surface area contributed by atoms with Gasteiger partial charge in [0.15, 0.2) is 10.4 Å². The maximum Gasteiger partial charge on any atom is 0.171 e. The van der Waals surface area contributed by atoms with Gasteiger partial charge in [0.25, 0.3) is 0 Å². The van der Waals surface area contributed by atoms with Gasteiger partial charge in [-0.1, -0.05) is 0 Å². The van der Waals surface area contributed by atoms with E-state index in [1.54, 1.807) is 30.4 Å². The summed E-state index contributed by atoms with van der Waals surface area (Å²) in [5, 5.41) is 4.16. The largest absolute Gasteiger partial charge is 0.492 e. The van der Waals surface area contributed by atoms with Crippen molar-refractivity contribution >= 4 is 15.9 Å². The molecule has 5 heteroatoms. The molecule has 2 aromatic heterocycles. The molecule has 0 N–H and O–H groups in total. The highest BCUT2D eigenvalue weighted by molar-refractivity contribution is 9.10. The summed E-state index contributed by atoms with van der Waals surface area (Å²) in [6.07, 6.45) is 5.10. The van der Waals surface area contributed by atoms with Gasteiger partial charge in [-0.05, 0) is 28.1 Å². The number of pyridine rings is 1. The maximum atomic E-state index is 5.10. The highest BCUT2D eigenvalue weighted by atomic mass is 79.9. The Bertz CT molecular complexity index is 427. The van der Waals surface area contributed by atoms with Crippen molar-refractivity contribution in [2.45, 2.75) is 0 Å². The summed E-state index contributed by atoms with van der Waals surface area (Å²) in [4.78, 5) is 4.01. The highest BCUT2D eigenvalue weighted by Crippen LogP contribution is 2.26. The zero-order valence-electron chi connectivity index (χ0n) is 7.51. The molecule has 0 unspecified atom stereocenters. The Hall–Kier alpha value is -1.36. The van der Waals surface area contributed by atoms with Gasteiger partial charge in [-0.15, -0.1) is 0 Å².